The molecule has 0 spiro atoms. The molecular weight excluding hydrogens is 234 g/mol. The Morgan fingerprint density at radius 2 is 1.84 bits per heavy atom. The summed E-state index contributed by atoms with van der Waals surface area (Å²) in [5.74, 6) is 1.93. The maximum Gasteiger partial charge on any atom is 0.152 e. The molecule has 2 aromatic rings. The van der Waals surface area contributed by atoms with Crippen molar-refractivity contribution in [2.45, 2.75) is 39.0 Å². The number of nitrogens with zero attached hydrogens (tertiary/aromatic N) is 1. The number of para-hydroxylation sites is 1. The van der Waals surface area contributed by atoms with Crippen molar-refractivity contribution in [2.24, 2.45) is 0 Å². The van der Waals surface area contributed by atoms with Gasteiger partial charge in [0.15, 0.2) is 5.75 Å². The van der Waals surface area contributed by atoms with Crippen LogP contribution in [0.5, 0.6) is 11.5 Å². The van der Waals surface area contributed by atoms with Crippen LogP contribution in [-0.2, 0) is 18.3 Å². The van der Waals surface area contributed by atoms with E-state index in [1.54, 1.807) is 0 Å². The molecule has 3 rings (SSSR count). The minimum atomic E-state index is 0.0618. The Morgan fingerprint density at radius 1 is 1.05 bits per heavy atom. The minimum Gasteiger partial charge on any atom is -0.455 e. The molecule has 2 heteroatoms. The highest BCUT2D eigenvalue weighted by molar-refractivity contribution is 5.48. The quantitative estimate of drug-likeness (QED) is 0.699. The summed E-state index contributed by atoms with van der Waals surface area (Å²) in [6.45, 7) is 6.63. The zero-order valence-corrected chi connectivity index (χ0v) is 11.7. The summed E-state index contributed by atoms with van der Waals surface area (Å²) in [4.78, 5) is 4.51. The van der Waals surface area contributed by atoms with Gasteiger partial charge < -0.3 is 4.74 Å². The normalized spacial score (nSPS) is 14.1. The maximum atomic E-state index is 6.20. The fraction of sp³-hybridized carbons (Fsp3) is 0.353. The average molecular weight is 253 g/mol. The van der Waals surface area contributed by atoms with Crippen molar-refractivity contribution in [3.05, 3.63) is 53.3 Å². The van der Waals surface area contributed by atoms with Gasteiger partial charge in [0.2, 0.25) is 0 Å². The van der Waals surface area contributed by atoms with Gasteiger partial charge >= 0.3 is 0 Å². The molecule has 0 fully saturated rings. The third-order valence-electron chi connectivity index (χ3n) is 3.60. The van der Waals surface area contributed by atoms with Crippen LogP contribution in [0.2, 0.25) is 0 Å². The molecule has 19 heavy (non-hydrogen) atoms. The first-order chi connectivity index (χ1) is 9.05. The van der Waals surface area contributed by atoms with Gasteiger partial charge in [-0.1, -0.05) is 39.0 Å². The van der Waals surface area contributed by atoms with Crippen LogP contribution < -0.4 is 4.74 Å². The molecule has 0 radical (unpaired) electrons. The molecule has 1 aromatic heterocycles. The highest BCUT2D eigenvalue weighted by Gasteiger charge is 2.24. The molecular formula is C17H19NO. The largest absolute Gasteiger partial charge is 0.455 e. The van der Waals surface area contributed by atoms with Crippen LogP contribution in [-0.4, -0.2) is 4.98 Å². The molecule has 2 heterocycles. The lowest BCUT2D eigenvalue weighted by Crippen LogP contribution is -2.14. The van der Waals surface area contributed by atoms with Crippen molar-refractivity contribution < 1.29 is 4.74 Å². The van der Waals surface area contributed by atoms with Gasteiger partial charge in [-0.25, -0.2) is 0 Å². The summed E-state index contributed by atoms with van der Waals surface area (Å²) in [6.07, 6.45) is 3.83. The molecule has 0 bridgehead atoms. The van der Waals surface area contributed by atoms with Crippen molar-refractivity contribution >= 4 is 0 Å². The first-order valence-corrected chi connectivity index (χ1v) is 6.80. The lowest BCUT2D eigenvalue weighted by atomic mass is 9.86. The predicted octanol–water partition coefficient (Wildman–Crippen LogP) is 4.27. The number of fused-ring (bicyclic) bond motifs is 2. The molecule has 98 valence electrons. The molecule has 1 aromatic carbocycles. The van der Waals surface area contributed by atoms with E-state index in [9.17, 15) is 0 Å². The van der Waals surface area contributed by atoms with Crippen LogP contribution in [0, 0.1) is 0 Å². The number of rotatable bonds is 0. The lowest BCUT2D eigenvalue weighted by molar-refractivity contribution is 0.449. The average Bonchev–Trinajstić information content (AvgIpc) is 2.56. The second kappa shape index (κ2) is 4.37. The fourth-order valence-corrected chi connectivity index (χ4v) is 2.55. The second-order valence-electron chi connectivity index (χ2n) is 6.09. The number of hydrogen-bond acceptors (Lipinski definition) is 2. The van der Waals surface area contributed by atoms with Gasteiger partial charge in [-0.15, -0.1) is 0 Å². The number of aryl methyl sites for hydroxylation is 2. The molecule has 0 N–H and O–H groups in total. The van der Waals surface area contributed by atoms with Gasteiger partial charge in [-0.2, -0.15) is 0 Å². The van der Waals surface area contributed by atoms with Crippen molar-refractivity contribution in [1.82, 2.24) is 4.98 Å². The summed E-state index contributed by atoms with van der Waals surface area (Å²) in [5.41, 5.74) is 3.63. The maximum absolute atomic E-state index is 6.20. The Hall–Kier alpha value is -1.83. The monoisotopic (exact) mass is 253 g/mol. The Bertz CT molecular complexity index is 611. The van der Waals surface area contributed by atoms with Gasteiger partial charge in [0.25, 0.3) is 0 Å². The smallest absolute Gasteiger partial charge is 0.152 e. The van der Waals surface area contributed by atoms with Gasteiger partial charge in [0, 0.05) is 11.8 Å². The van der Waals surface area contributed by atoms with Crippen molar-refractivity contribution in [2.75, 3.05) is 0 Å². The summed E-state index contributed by atoms with van der Waals surface area (Å²) < 4.78 is 6.20. The number of pyridine rings is 1. The predicted molar refractivity (Wildman–Crippen MR) is 76.9 cm³/mol. The Labute approximate surface area is 114 Å². The van der Waals surface area contributed by atoms with E-state index < -0.39 is 0 Å². The van der Waals surface area contributed by atoms with E-state index in [1.165, 1.54) is 11.1 Å². The SMILES string of the molecule is CC(C)(C)c1ccnc2c1Oc1ccccc1CC2. The van der Waals surface area contributed by atoms with Gasteiger partial charge in [-0.3, -0.25) is 4.98 Å². The summed E-state index contributed by atoms with van der Waals surface area (Å²) in [5, 5.41) is 0. The van der Waals surface area contributed by atoms with Crippen LogP contribution >= 0.6 is 0 Å². The topological polar surface area (TPSA) is 22.1 Å². The third kappa shape index (κ3) is 2.23. The third-order valence-corrected chi connectivity index (χ3v) is 3.60. The Kier molecular flexibility index (Phi) is 2.81. The van der Waals surface area contributed by atoms with Gasteiger partial charge in [0.1, 0.15) is 5.75 Å². The highest BCUT2D eigenvalue weighted by Crippen LogP contribution is 2.39. The first kappa shape index (κ1) is 12.2. The van der Waals surface area contributed by atoms with E-state index >= 15 is 0 Å². The zero-order chi connectivity index (χ0) is 13.5. The summed E-state index contributed by atoms with van der Waals surface area (Å²) in [7, 11) is 0. The molecule has 0 unspecified atom stereocenters. The van der Waals surface area contributed by atoms with Crippen LogP contribution in [0.4, 0.5) is 0 Å². The fourth-order valence-electron chi connectivity index (χ4n) is 2.55. The van der Waals surface area contributed by atoms with Crippen molar-refractivity contribution in [3.63, 3.8) is 0 Å². The molecule has 0 atom stereocenters. The minimum absolute atomic E-state index is 0.0618. The second-order valence-corrected chi connectivity index (χ2v) is 6.09. The molecule has 0 saturated heterocycles. The number of ether oxygens (including phenoxy) is 1. The molecule has 0 saturated carbocycles. The van der Waals surface area contributed by atoms with E-state index in [0.717, 1.165) is 30.0 Å². The highest BCUT2D eigenvalue weighted by atomic mass is 16.5. The Balaban J connectivity index is 2.15. The molecule has 1 aliphatic rings. The van der Waals surface area contributed by atoms with Crippen LogP contribution in [0.25, 0.3) is 0 Å². The molecule has 1 aliphatic heterocycles. The van der Waals surface area contributed by atoms with E-state index in [4.69, 9.17) is 4.74 Å². The number of benzene rings is 1. The van der Waals surface area contributed by atoms with E-state index in [-0.39, 0.29) is 5.41 Å². The number of hydrogen-bond donors (Lipinski definition) is 0. The molecule has 0 aliphatic carbocycles. The standard InChI is InChI=1S/C17H19NO/c1-17(2,3)13-10-11-18-14-9-8-12-6-4-5-7-15(12)19-16(13)14/h4-7,10-11H,8-9H2,1-3H3. The number of aromatic nitrogens is 1. The summed E-state index contributed by atoms with van der Waals surface area (Å²) >= 11 is 0. The van der Waals surface area contributed by atoms with Crippen molar-refractivity contribution in [1.29, 1.82) is 0 Å². The first-order valence-electron chi connectivity index (χ1n) is 6.80. The van der Waals surface area contributed by atoms with Crippen LogP contribution in [0.15, 0.2) is 36.5 Å². The zero-order valence-electron chi connectivity index (χ0n) is 11.7. The van der Waals surface area contributed by atoms with E-state index in [0.29, 0.717) is 0 Å². The van der Waals surface area contributed by atoms with Crippen LogP contribution in [0.1, 0.15) is 37.6 Å². The lowest BCUT2D eigenvalue weighted by Gasteiger charge is -2.23. The summed E-state index contributed by atoms with van der Waals surface area (Å²) in [6, 6.07) is 10.3. The van der Waals surface area contributed by atoms with E-state index in [2.05, 4.69) is 44.0 Å². The van der Waals surface area contributed by atoms with Gasteiger partial charge in [-0.05, 0) is 36.0 Å². The van der Waals surface area contributed by atoms with Crippen LogP contribution in [0.3, 0.4) is 0 Å². The molecule has 0 amide bonds. The van der Waals surface area contributed by atoms with E-state index in [1.807, 2.05) is 18.3 Å². The molecule has 2 nitrogen and oxygen atoms in total. The van der Waals surface area contributed by atoms with Gasteiger partial charge in [0.05, 0.1) is 5.69 Å². The Morgan fingerprint density at radius 3 is 2.63 bits per heavy atom. The van der Waals surface area contributed by atoms with Crippen molar-refractivity contribution in [3.8, 4) is 11.5 Å².